The predicted molar refractivity (Wildman–Crippen MR) is 66.7 cm³/mol. The highest BCUT2D eigenvalue weighted by Gasteiger charge is 2.18. The van der Waals surface area contributed by atoms with E-state index in [1.165, 1.54) is 0 Å². The van der Waals surface area contributed by atoms with Crippen LogP contribution in [0.25, 0.3) is 10.8 Å². The van der Waals surface area contributed by atoms with Gasteiger partial charge >= 0.3 is 0 Å². The fraction of sp³-hybridized carbons (Fsp3) is 0.545. The molecule has 2 N–H and O–H groups in total. The molecule has 6 heteroatoms. The van der Waals surface area contributed by atoms with Gasteiger partial charge in [-0.2, -0.15) is 4.98 Å². The quantitative estimate of drug-likeness (QED) is 0.905. The average Bonchev–Trinajstić information content (AvgIpc) is 2.85. The summed E-state index contributed by atoms with van der Waals surface area (Å²) in [5.41, 5.74) is 6.87. The molecule has 2 heterocycles. The summed E-state index contributed by atoms with van der Waals surface area (Å²) in [6.45, 7) is 5.98. The van der Waals surface area contributed by atoms with Gasteiger partial charge < -0.3 is 10.3 Å². The van der Waals surface area contributed by atoms with Gasteiger partial charge in [0.15, 0.2) is 5.82 Å². The molecule has 0 amide bonds. The monoisotopic (exact) mass is 252 g/mol. The van der Waals surface area contributed by atoms with E-state index in [4.69, 9.17) is 10.3 Å². The number of thiazole rings is 1. The van der Waals surface area contributed by atoms with E-state index in [0.29, 0.717) is 11.7 Å². The van der Waals surface area contributed by atoms with E-state index >= 15 is 0 Å². The Morgan fingerprint density at radius 1 is 1.35 bits per heavy atom. The minimum absolute atomic E-state index is 0.146. The second kappa shape index (κ2) is 4.93. The van der Waals surface area contributed by atoms with Crippen LogP contribution in [0.2, 0.25) is 0 Å². The molecule has 1 atom stereocenters. The Bertz CT molecular complexity index is 505. The molecule has 0 fully saturated rings. The summed E-state index contributed by atoms with van der Waals surface area (Å²) in [4.78, 5) is 9.61. The van der Waals surface area contributed by atoms with Crippen molar-refractivity contribution < 1.29 is 4.52 Å². The van der Waals surface area contributed by atoms with Gasteiger partial charge in [0.25, 0.3) is 5.89 Å². The summed E-state index contributed by atoms with van der Waals surface area (Å²) < 4.78 is 5.24. The molecule has 2 aromatic rings. The minimum Gasteiger partial charge on any atom is -0.333 e. The third kappa shape index (κ3) is 2.53. The molecule has 0 saturated heterocycles. The maximum absolute atomic E-state index is 5.94. The van der Waals surface area contributed by atoms with Crippen molar-refractivity contribution in [1.29, 1.82) is 0 Å². The van der Waals surface area contributed by atoms with Crippen LogP contribution in [-0.4, -0.2) is 15.1 Å². The van der Waals surface area contributed by atoms with E-state index in [1.807, 2.05) is 13.8 Å². The number of hydrogen-bond acceptors (Lipinski definition) is 6. The van der Waals surface area contributed by atoms with E-state index < -0.39 is 0 Å². The van der Waals surface area contributed by atoms with Gasteiger partial charge in [0.05, 0.1) is 16.7 Å². The second-order valence-corrected chi connectivity index (χ2v) is 5.20. The third-order valence-corrected chi connectivity index (χ3v) is 3.53. The Labute approximate surface area is 104 Å². The highest BCUT2D eigenvalue weighted by atomic mass is 32.1. The van der Waals surface area contributed by atoms with Crippen LogP contribution in [0.15, 0.2) is 4.52 Å². The molecule has 0 aromatic carbocycles. The SMILES string of the molecule is CCCC(N)c1noc(-c2sc(C)nc2C)n1. The smallest absolute Gasteiger partial charge is 0.269 e. The zero-order valence-corrected chi connectivity index (χ0v) is 11.0. The van der Waals surface area contributed by atoms with Crippen LogP contribution in [0.3, 0.4) is 0 Å². The molecule has 0 aliphatic carbocycles. The summed E-state index contributed by atoms with van der Waals surface area (Å²) >= 11 is 1.56. The molecule has 1 unspecified atom stereocenters. The number of rotatable bonds is 4. The Morgan fingerprint density at radius 3 is 2.71 bits per heavy atom. The summed E-state index contributed by atoms with van der Waals surface area (Å²) in [5.74, 6) is 1.10. The van der Waals surface area contributed by atoms with Crippen molar-refractivity contribution in [1.82, 2.24) is 15.1 Å². The average molecular weight is 252 g/mol. The molecule has 0 spiro atoms. The van der Waals surface area contributed by atoms with E-state index in [1.54, 1.807) is 11.3 Å². The molecule has 0 bridgehead atoms. The van der Waals surface area contributed by atoms with Crippen molar-refractivity contribution in [2.24, 2.45) is 5.73 Å². The van der Waals surface area contributed by atoms with E-state index in [0.717, 1.165) is 28.4 Å². The third-order valence-electron chi connectivity index (χ3n) is 2.47. The first kappa shape index (κ1) is 12.2. The van der Waals surface area contributed by atoms with Gasteiger partial charge in [-0.1, -0.05) is 18.5 Å². The minimum atomic E-state index is -0.146. The molecule has 5 nitrogen and oxygen atoms in total. The Kier molecular flexibility index (Phi) is 3.54. The summed E-state index contributed by atoms with van der Waals surface area (Å²) in [6, 6.07) is -0.146. The van der Waals surface area contributed by atoms with Crippen LogP contribution in [0, 0.1) is 13.8 Å². The largest absolute Gasteiger partial charge is 0.333 e. The molecule has 2 aromatic heterocycles. The number of hydrogen-bond donors (Lipinski definition) is 1. The fourth-order valence-electron chi connectivity index (χ4n) is 1.65. The Balaban J connectivity index is 2.26. The highest BCUT2D eigenvalue weighted by Crippen LogP contribution is 2.29. The molecule has 0 aliphatic rings. The van der Waals surface area contributed by atoms with Crippen LogP contribution in [-0.2, 0) is 0 Å². The molecule has 17 heavy (non-hydrogen) atoms. The fourth-order valence-corrected chi connectivity index (χ4v) is 2.49. The van der Waals surface area contributed by atoms with Gasteiger partial charge in [-0.05, 0) is 20.3 Å². The Hall–Kier alpha value is -1.27. The van der Waals surface area contributed by atoms with Gasteiger partial charge in [0, 0.05) is 0 Å². The maximum Gasteiger partial charge on any atom is 0.269 e. The van der Waals surface area contributed by atoms with Crippen molar-refractivity contribution in [3.05, 3.63) is 16.5 Å². The molecule has 0 aliphatic heterocycles. The van der Waals surface area contributed by atoms with Crippen LogP contribution in [0.4, 0.5) is 0 Å². The predicted octanol–water partition coefficient (Wildman–Crippen LogP) is 2.61. The zero-order valence-electron chi connectivity index (χ0n) is 10.2. The molecular formula is C11H16N4OS. The van der Waals surface area contributed by atoms with E-state index in [-0.39, 0.29) is 6.04 Å². The van der Waals surface area contributed by atoms with E-state index in [2.05, 4.69) is 22.0 Å². The molecule has 0 radical (unpaired) electrons. The van der Waals surface area contributed by atoms with Gasteiger partial charge in [-0.25, -0.2) is 4.98 Å². The lowest BCUT2D eigenvalue weighted by Gasteiger charge is -2.02. The van der Waals surface area contributed by atoms with Crippen LogP contribution in [0.1, 0.15) is 42.3 Å². The summed E-state index contributed by atoms with van der Waals surface area (Å²) in [5, 5.41) is 4.92. The molecular weight excluding hydrogens is 236 g/mol. The van der Waals surface area contributed by atoms with Crippen molar-refractivity contribution in [2.75, 3.05) is 0 Å². The zero-order chi connectivity index (χ0) is 12.4. The van der Waals surface area contributed by atoms with Crippen molar-refractivity contribution in [3.8, 4) is 10.8 Å². The first-order valence-electron chi connectivity index (χ1n) is 5.65. The van der Waals surface area contributed by atoms with Gasteiger partial charge in [0.1, 0.15) is 4.88 Å². The van der Waals surface area contributed by atoms with E-state index in [9.17, 15) is 0 Å². The molecule has 92 valence electrons. The van der Waals surface area contributed by atoms with Crippen molar-refractivity contribution in [2.45, 2.75) is 39.7 Å². The van der Waals surface area contributed by atoms with Crippen LogP contribution in [0.5, 0.6) is 0 Å². The van der Waals surface area contributed by atoms with Gasteiger partial charge in [-0.15, -0.1) is 11.3 Å². The van der Waals surface area contributed by atoms with Gasteiger partial charge in [-0.3, -0.25) is 0 Å². The first-order valence-corrected chi connectivity index (χ1v) is 6.47. The Morgan fingerprint density at radius 2 is 2.12 bits per heavy atom. The maximum atomic E-state index is 5.94. The first-order chi connectivity index (χ1) is 8.11. The molecule has 0 saturated carbocycles. The highest BCUT2D eigenvalue weighted by molar-refractivity contribution is 7.15. The standard InChI is InChI=1S/C11H16N4OS/c1-4-5-8(12)10-14-11(16-15-10)9-6(2)13-7(3)17-9/h8H,4-5,12H2,1-3H3. The topological polar surface area (TPSA) is 77.8 Å². The normalized spacial score (nSPS) is 12.9. The number of nitrogens with two attached hydrogens (primary N) is 1. The molecule has 2 rings (SSSR count). The number of aryl methyl sites for hydroxylation is 2. The number of nitrogens with zero attached hydrogens (tertiary/aromatic N) is 3. The lowest BCUT2D eigenvalue weighted by Crippen LogP contribution is -2.11. The van der Waals surface area contributed by atoms with Gasteiger partial charge in [0.2, 0.25) is 0 Å². The summed E-state index contributed by atoms with van der Waals surface area (Å²) in [6.07, 6.45) is 1.86. The lowest BCUT2D eigenvalue weighted by molar-refractivity contribution is 0.414. The van der Waals surface area contributed by atoms with Crippen LogP contribution < -0.4 is 5.73 Å². The lowest BCUT2D eigenvalue weighted by atomic mass is 10.2. The number of aromatic nitrogens is 3. The van der Waals surface area contributed by atoms with Crippen LogP contribution >= 0.6 is 11.3 Å². The van der Waals surface area contributed by atoms with Crippen molar-refractivity contribution >= 4 is 11.3 Å². The second-order valence-electron chi connectivity index (χ2n) is 4.00. The summed E-state index contributed by atoms with van der Waals surface area (Å²) in [7, 11) is 0. The van der Waals surface area contributed by atoms with Crippen molar-refractivity contribution in [3.63, 3.8) is 0 Å².